The van der Waals surface area contributed by atoms with E-state index in [4.69, 9.17) is 5.11 Å². The molecule has 0 saturated carbocycles. The second-order valence-corrected chi connectivity index (χ2v) is 3.03. The summed E-state index contributed by atoms with van der Waals surface area (Å²) in [5, 5.41) is 27.8. The van der Waals surface area contributed by atoms with Gasteiger partial charge in [-0.1, -0.05) is 0 Å². The zero-order valence-electron chi connectivity index (χ0n) is 7.47. The molecule has 1 aliphatic carbocycles. The van der Waals surface area contributed by atoms with Crippen LogP contribution < -0.4 is 0 Å². The number of carbonyl (C=O) groups excluding carboxylic acids is 2. The summed E-state index contributed by atoms with van der Waals surface area (Å²) in [6.07, 6.45) is 2.01. The Morgan fingerprint density at radius 1 is 1.00 bits per heavy atom. The van der Waals surface area contributed by atoms with Gasteiger partial charge in [-0.3, -0.25) is 14.2 Å². The Hall–Kier alpha value is -2.08. The molecular weight excluding hydrogens is 202 g/mol. The normalized spacial score (nSPS) is 14.5. The van der Waals surface area contributed by atoms with E-state index in [1.807, 2.05) is 0 Å². The summed E-state index contributed by atoms with van der Waals surface area (Å²) >= 11 is 0. The average Bonchev–Trinajstić information content (AvgIpc) is 2.46. The molecule has 78 valence electrons. The number of ketones is 2. The molecule has 0 radical (unpaired) electrons. The first-order valence-corrected chi connectivity index (χ1v) is 4.10. The van der Waals surface area contributed by atoms with Gasteiger partial charge < -0.3 is 15.3 Å². The molecule has 6 nitrogen and oxygen atoms in total. The van der Waals surface area contributed by atoms with Gasteiger partial charge in [0.1, 0.15) is 6.73 Å². The first-order chi connectivity index (χ1) is 7.07. The molecule has 1 aromatic rings. The van der Waals surface area contributed by atoms with Gasteiger partial charge in [0.05, 0.1) is 11.1 Å². The number of aliphatic hydroxyl groups is 1. The molecule has 0 aromatic carbocycles. The van der Waals surface area contributed by atoms with Crippen molar-refractivity contribution in [2.45, 2.75) is 6.73 Å². The largest absolute Gasteiger partial charge is 0.494 e. The smallest absolute Gasteiger partial charge is 0.208 e. The predicted molar refractivity (Wildman–Crippen MR) is 47.8 cm³/mol. The standard InChI is InChI=1S/C9H7NO5/c11-3-10-8(14)6-4(12)1-2-5(13)7(6)9(10)15/h1-2,11,14-15H,3H2. The lowest BCUT2D eigenvalue weighted by molar-refractivity contribution is 0.0991. The average molecular weight is 209 g/mol. The van der Waals surface area contributed by atoms with Crippen molar-refractivity contribution in [3.05, 3.63) is 23.3 Å². The van der Waals surface area contributed by atoms with Crippen LogP contribution in [0.3, 0.4) is 0 Å². The molecule has 0 aliphatic heterocycles. The van der Waals surface area contributed by atoms with Crippen LogP contribution in [-0.4, -0.2) is 31.5 Å². The van der Waals surface area contributed by atoms with Crippen LogP contribution in [-0.2, 0) is 6.73 Å². The molecule has 0 fully saturated rings. The number of aromatic hydroxyl groups is 2. The Labute approximate surface area is 83.7 Å². The molecule has 0 amide bonds. The Morgan fingerprint density at radius 3 is 1.73 bits per heavy atom. The van der Waals surface area contributed by atoms with Crippen molar-refractivity contribution in [1.29, 1.82) is 0 Å². The van der Waals surface area contributed by atoms with Crippen LogP contribution in [0.1, 0.15) is 20.7 Å². The van der Waals surface area contributed by atoms with Crippen molar-refractivity contribution in [1.82, 2.24) is 4.57 Å². The highest BCUT2D eigenvalue weighted by Crippen LogP contribution is 2.36. The van der Waals surface area contributed by atoms with Crippen LogP contribution >= 0.6 is 0 Å². The Morgan fingerprint density at radius 2 is 1.40 bits per heavy atom. The molecule has 0 atom stereocenters. The number of fused-ring (bicyclic) bond motifs is 1. The Kier molecular flexibility index (Phi) is 1.87. The molecule has 0 spiro atoms. The fourth-order valence-corrected chi connectivity index (χ4v) is 1.51. The van der Waals surface area contributed by atoms with Gasteiger partial charge in [0.25, 0.3) is 0 Å². The molecule has 1 aromatic heterocycles. The van der Waals surface area contributed by atoms with E-state index in [0.717, 1.165) is 12.2 Å². The summed E-state index contributed by atoms with van der Waals surface area (Å²) in [7, 11) is 0. The van der Waals surface area contributed by atoms with Crippen molar-refractivity contribution in [2.75, 3.05) is 0 Å². The van der Waals surface area contributed by atoms with Crippen molar-refractivity contribution >= 4 is 11.6 Å². The lowest BCUT2D eigenvalue weighted by Gasteiger charge is -2.01. The minimum absolute atomic E-state index is 0.269. The molecule has 2 rings (SSSR count). The SMILES string of the molecule is O=C1C=CC(=O)c2c1c(O)n(CO)c2O. The highest BCUT2D eigenvalue weighted by Gasteiger charge is 2.31. The maximum absolute atomic E-state index is 11.3. The fourth-order valence-electron chi connectivity index (χ4n) is 1.51. The summed E-state index contributed by atoms with van der Waals surface area (Å²) in [5.74, 6) is -2.37. The molecule has 15 heavy (non-hydrogen) atoms. The monoisotopic (exact) mass is 209 g/mol. The summed E-state index contributed by atoms with van der Waals surface area (Å²) in [6.45, 7) is -0.717. The van der Waals surface area contributed by atoms with Crippen LogP contribution in [0.15, 0.2) is 12.2 Å². The van der Waals surface area contributed by atoms with Crippen LogP contribution in [0.2, 0.25) is 0 Å². The van der Waals surface area contributed by atoms with Crippen molar-refractivity contribution < 1.29 is 24.9 Å². The summed E-state index contributed by atoms with van der Waals surface area (Å²) in [5.41, 5.74) is -0.539. The zero-order valence-corrected chi connectivity index (χ0v) is 7.47. The van der Waals surface area contributed by atoms with Crippen LogP contribution in [0.5, 0.6) is 11.8 Å². The number of aliphatic hydroxyl groups excluding tert-OH is 1. The number of allylic oxidation sites excluding steroid dienone is 2. The lowest BCUT2D eigenvalue weighted by Crippen LogP contribution is -2.08. The molecule has 1 heterocycles. The van der Waals surface area contributed by atoms with Gasteiger partial charge in [-0.15, -0.1) is 0 Å². The Bertz CT molecular complexity index is 456. The van der Waals surface area contributed by atoms with Crippen molar-refractivity contribution in [3.63, 3.8) is 0 Å². The highest BCUT2D eigenvalue weighted by molar-refractivity contribution is 6.24. The molecule has 0 bridgehead atoms. The third-order valence-corrected chi connectivity index (χ3v) is 2.23. The second kappa shape index (κ2) is 2.96. The van der Waals surface area contributed by atoms with Gasteiger partial charge in [-0.25, -0.2) is 0 Å². The van der Waals surface area contributed by atoms with Gasteiger partial charge in [0.15, 0.2) is 11.6 Å². The van der Waals surface area contributed by atoms with Crippen molar-refractivity contribution in [2.24, 2.45) is 0 Å². The fraction of sp³-hybridized carbons (Fsp3) is 0.111. The quantitative estimate of drug-likeness (QED) is 0.594. The predicted octanol–water partition coefficient (Wildman–Crippen LogP) is -0.216. The van der Waals surface area contributed by atoms with Gasteiger partial charge in [-0.2, -0.15) is 0 Å². The summed E-state index contributed by atoms with van der Waals surface area (Å²) in [4.78, 5) is 22.7. The van der Waals surface area contributed by atoms with E-state index in [9.17, 15) is 19.8 Å². The van der Waals surface area contributed by atoms with E-state index in [-0.39, 0.29) is 11.1 Å². The van der Waals surface area contributed by atoms with Gasteiger partial charge >= 0.3 is 0 Å². The molecule has 0 saturated heterocycles. The van der Waals surface area contributed by atoms with Crippen molar-refractivity contribution in [3.8, 4) is 11.8 Å². The maximum atomic E-state index is 11.3. The second-order valence-electron chi connectivity index (χ2n) is 3.03. The zero-order chi connectivity index (χ0) is 11.2. The summed E-state index contributed by atoms with van der Waals surface area (Å²) < 4.78 is 0.674. The summed E-state index contributed by atoms with van der Waals surface area (Å²) in [6, 6.07) is 0. The number of hydrogen-bond donors (Lipinski definition) is 3. The number of hydrogen-bond acceptors (Lipinski definition) is 5. The number of nitrogens with zero attached hydrogens (tertiary/aromatic N) is 1. The van der Waals surface area contributed by atoms with Crippen LogP contribution in [0, 0.1) is 0 Å². The maximum Gasteiger partial charge on any atom is 0.208 e. The first kappa shape index (κ1) is 9.47. The highest BCUT2D eigenvalue weighted by atomic mass is 16.3. The third-order valence-electron chi connectivity index (χ3n) is 2.23. The van der Waals surface area contributed by atoms with Crippen LogP contribution in [0.4, 0.5) is 0 Å². The third kappa shape index (κ3) is 1.08. The van der Waals surface area contributed by atoms with E-state index in [2.05, 4.69) is 0 Å². The van der Waals surface area contributed by atoms with Gasteiger partial charge in [-0.05, 0) is 12.2 Å². The van der Waals surface area contributed by atoms with E-state index >= 15 is 0 Å². The van der Waals surface area contributed by atoms with E-state index < -0.39 is 30.1 Å². The van der Waals surface area contributed by atoms with E-state index in [1.165, 1.54) is 0 Å². The number of aromatic nitrogens is 1. The minimum atomic E-state index is -0.717. The molecule has 1 aliphatic rings. The topological polar surface area (TPSA) is 99.8 Å². The molecule has 6 heteroatoms. The Balaban J connectivity index is 2.80. The molecular formula is C9H7NO5. The number of carbonyl (C=O) groups is 2. The molecule has 3 N–H and O–H groups in total. The van der Waals surface area contributed by atoms with E-state index in [0.29, 0.717) is 4.57 Å². The van der Waals surface area contributed by atoms with E-state index in [1.54, 1.807) is 0 Å². The van der Waals surface area contributed by atoms with Gasteiger partial charge in [0.2, 0.25) is 11.8 Å². The minimum Gasteiger partial charge on any atom is -0.494 e. The molecule has 0 unspecified atom stereocenters. The lowest BCUT2D eigenvalue weighted by atomic mass is 9.99. The van der Waals surface area contributed by atoms with Gasteiger partial charge in [0, 0.05) is 0 Å². The number of rotatable bonds is 1. The first-order valence-electron chi connectivity index (χ1n) is 4.10. The van der Waals surface area contributed by atoms with Crippen LogP contribution in [0.25, 0.3) is 0 Å².